The molecule has 0 aliphatic carbocycles. The Labute approximate surface area is 181 Å². The Morgan fingerprint density at radius 2 is 1.71 bits per heavy atom. The molecule has 2 rings (SSSR count). The number of carbonyl (C=O) groups is 1. The average molecular weight is 462 g/mol. The molecule has 2 aromatic carbocycles. The minimum absolute atomic E-state index is 0.0861. The van der Waals surface area contributed by atoms with Gasteiger partial charge < -0.3 is 16.0 Å². The molecule has 0 heterocycles. The van der Waals surface area contributed by atoms with E-state index in [9.17, 15) is 14.9 Å². The van der Waals surface area contributed by atoms with Gasteiger partial charge in [-0.1, -0.05) is 64.6 Å². The van der Waals surface area contributed by atoms with Crippen LogP contribution < -0.4 is 16.0 Å². The Balaban J connectivity index is 2.14. The SMILES string of the molecule is Cc1ccc(NC(=S)NC(NC(=O)c2ccccc2[N+](=O)[O-])C(Cl)(Cl)Cl)cc1. The molecule has 3 N–H and O–H groups in total. The number of nitrogens with zero attached hydrogens (tertiary/aromatic N) is 1. The second-order valence-electron chi connectivity index (χ2n) is 5.69. The lowest BCUT2D eigenvalue weighted by Gasteiger charge is -2.27. The summed E-state index contributed by atoms with van der Waals surface area (Å²) in [5.74, 6) is -0.797. The van der Waals surface area contributed by atoms with Gasteiger partial charge in [-0.2, -0.15) is 0 Å². The highest BCUT2D eigenvalue weighted by molar-refractivity contribution is 7.80. The van der Waals surface area contributed by atoms with E-state index in [-0.39, 0.29) is 16.4 Å². The normalized spacial score (nSPS) is 12.0. The number of nitro benzene ring substituents is 1. The third-order valence-corrected chi connectivity index (χ3v) is 4.41. The van der Waals surface area contributed by atoms with Gasteiger partial charge >= 0.3 is 0 Å². The largest absolute Gasteiger partial charge is 0.339 e. The highest BCUT2D eigenvalue weighted by Gasteiger charge is 2.36. The number of nitrogens with one attached hydrogen (secondary N) is 3. The number of hydrogen-bond acceptors (Lipinski definition) is 4. The zero-order chi connectivity index (χ0) is 20.9. The summed E-state index contributed by atoms with van der Waals surface area (Å²) < 4.78 is -1.99. The molecular weight excluding hydrogens is 447 g/mol. The lowest BCUT2D eigenvalue weighted by atomic mass is 10.1. The van der Waals surface area contributed by atoms with Gasteiger partial charge in [-0.05, 0) is 37.3 Å². The number of anilines is 1. The van der Waals surface area contributed by atoms with Crippen LogP contribution in [0.15, 0.2) is 48.5 Å². The summed E-state index contributed by atoms with van der Waals surface area (Å²) in [5.41, 5.74) is 1.21. The number of hydrogen-bond donors (Lipinski definition) is 3. The van der Waals surface area contributed by atoms with Crippen molar-refractivity contribution in [1.29, 1.82) is 0 Å². The van der Waals surface area contributed by atoms with Gasteiger partial charge in [-0.25, -0.2) is 0 Å². The predicted molar refractivity (Wildman–Crippen MR) is 115 cm³/mol. The molecule has 0 fully saturated rings. The first kappa shape index (κ1) is 22.2. The molecule has 7 nitrogen and oxygen atoms in total. The molecule has 28 heavy (non-hydrogen) atoms. The van der Waals surface area contributed by atoms with Crippen LogP contribution in [-0.2, 0) is 0 Å². The second-order valence-corrected chi connectivity index (χ2v) is 8.46. The highest BCUT2D eigenvalue weighted by atomic mass is 35.6. The summed E-state index contributed by atoms with van der Waals surface area (Å²) in [4.78, 5) is 23.0. The van der Waals surface area contributed by atoms with E-state index in [1.165, 1.54) is 24.3 Å². The fraction of sp³-hybridized carbons (Fsp3) is 0.176. The van der Waals surface area contributed by atoms with E-state index in [2.05, 4.69) is 16.0 Å². The van der Waals surface area contributed by atoms with Crippen molar-refractivity contribution in [3.8, 4) is 0 Å². The van der Waals surface area contributed by atoms with Crippen LogP contribution in [0.2, 0.25) is 0 Å². The van der Waals surface area contributed by atoms with Crippen LogP contribution in [0, 0.1) is 17.0 Å². The van der Waals surface area contributed by atoms with E-state index < -0.39 is 20.8 Å². The average Bonchev–Trinajstić information content (AvgIpc) is 2.62. The van der Waals surface area contributed by atoms with Crippen LogP contribution in [0.5, 0.6) is 0 Å². The number of para-hydroxylation sites is 1. The third kappa shape index (κ3) is 6.20. The van der Waals surface area contributed by atoms with Gasteiger partial charge in [0.25, 0.3) is 11.6 Å². The van der Waals surface area contributed by atoms with Gasteiger partial charge in [-0.3, -0.25) is 14.9 Å². The summed E-state index contributed by atoms with van der Waals surface area (Å²) in [6, 6.07) is 12.8. The van der Waals surface area contributed by atoms with Gasteiger partial charge in [-0.15, -0.1) is 0 Å². The van der Waals surface area contributed by atoms with Crippen molar-refractivity contribution in [2.45, 2.75) is 16.9 Å². The minimum Gasteiger partial charge on any atom is -0.339 e. The molecule has 0 saturated heterocycles. The molecule has 11 heteroatoms. The molecule has 1 atom stereocenters. The Kier molecular flexibility index (Phi) is 7.42. The second kappa shape index (κ2) is 9.38. The standard InChI is InChI=1S/C17H15Cl3N4O3S/c1-10-6-8-11(9-7-10)21-16(28)23-15(17(18,19)20)22-14(25)12-4-2-3-5-13(12)24(26)27/h2-9,15H,1H3,(H,22,25)(H2,21,23,28). The van der Waals surface area contributed by atoms with Crippen LogP contribution in [0.1, 0.15) is 15.9 Å². The first-order chi connectivity index (χ1) is 13.1. The van der Waals surface area contributed by atoms with Crippen LogP contribution in [0.4, 0.5) is 11.4 Å². The molecule has 0 aliphatic rings. The number of alkyl halides is 3. The van der Waals surface area contributed by atoms with E-state index >= 15 is 0 Å². The van der Waals surface area contributed by atoms with E-state index in [0.29, 0.717) is 5.69 Å². The van der Waals surface area contributed by atoms with Crippen molar-refractivity contribution in [2.24, 2.45) is 0 Å². The Morgan fingerprint density at radius 3 is 2.29 bits per heavy atom. The molecule has 148 valence electrons. The van der Waals surface area contributed by atoms with Crippen molar-refractivity contribution < 1.29 is 9.72 Å². The summed E-state index contributed by atoms with van der Waals surface area (Å²) in [7, 11) is 0. The van der Waals surface area contributed by atoms with Gasteiger partial charge in [0, 0.05) is 11.8 Å². The molecule has 0 aromatic heterocycles. The first-order valence-electron chi connectivity index (χ1n) is 7.83. The number of aryl methyl sites for hydroxylation is 1. The first-order valence-corrected chi connectivity index (χ1v) is 9.37. The highest BCUT2D eigenvalue weighted by Crippen LogP contribution is 2.30. The van der Waals surface area contributed by atoms with E-state index in [1.54, 1.807) is 12.1 Å². The number of rotatable bonds is 5. The smallest absolute Gasteiger partial charge is 0.282 e. The van der Waals surface area contributed by atoms with Crippen molar-refractivity contribution in [2.75, 3.05) is 5.32 Å². The molecule has 0 spiro atoms. The molecule has 0 saturated carbocycles. The van der Waals surface area contributed by atoms with Crippen LogP contribution in [0.3, 0.4) is 0 Å². The molecule has 1 unspecified atom stereocenters. The van der Waals surface area contributed by atoms with Crippen LogP contribution in [-0.4, -0.2) is 25.9 Å². The molecule has 0 aliphatic heterocycles. The molecule has 1 amide bonds. The summed E-state index contributed by atoms with van der Waals surface area (Å²) in [5, 5.41) is 19.2. The number of amides is 1. The number of thiocarbonyl (C=S) groups is 1. The van der Waals surface area contributed by atoms with Gasteiger partial charge in [0.05, 0.1) is 4.92 Å². The number of halogens is 3. The third-order valence-electron chi connectivity index (χ3n) is 3.53. The summed E-state index contributed by atoms with van der Waals surface area (Å²) in [6.07, 6.45) is -1.25. The summed E-state index contributed by atoms with van der Waals surface area (Å²) in [6.45, 7) is 1.94. The molecule has 0 bridgehead atoms. The fourth-order valence-electron chi connectivity index (χ4n) is 2.17. The number of nitro groups is 1. The van der Waals surface area contributed by atoms with Crippen LogP contribution in [0.25, 0.3) is 0 Å². The lowest BCUT2D eigenvalue weighted by molar-refractivity contribution is -0.385. The monoisotopic (exact) mass is 460 g/mol. The van der Waals surface area contributed by atoms with E-state index in [4.69, 9.17) is 47.0 Å². The maximum atomic E-state index is 12.5. The Morgan fingerprint density at radius 1 is 1.11 bits per heavy atom. The zero-order valence-corrected chi connectivity index (χ0v) is 17.5. The van der Waals surface area contributed by atoms with Crippen molar-refractivity contribution >= 4 is 69.4 Å². The topological polar surface area (TPSA) is 96.3 Å². The van der Waals surface area contributed by atoms with Gasteiger partial charge in [0.1, 0.15) is 11.7 Å². The number of carbonyl (C=O) groups excluding carboxylic acids is 1. The maximum absolute atomic E-state index is 12.5. The molecule has 2 aromatic rings. The Bertz CT molecular complexity index is 888. The summed E-state index contributed by atoms with van der Waals surface area (Å²) >= 11 is 23.0. The quantitative estimate of drug-likeness (QED) is 0.202. The van der Waals surface area contributed by atoms with Gasteiger partial charge in [0.2, 0.25) is 3.79 Å². The van der Waals surface area contributed by atoms with E-state index in [1.807, 2.05) is 19.1 Å². The minimum atomic E-state index is -1.99. The van der Waals surface area contributed by atoms with E-state index in [0.717, 1.165) is 5.56 Å². The van der Waals surface area contributed by atoms with Crippen molar-refractivity contribution in [3.63, 3.8) is 0 Å². The van der Waals surface area contributed by atoms with Gasteiger partial charge in [0.15, 0.2) is 5.11 Å². The Hall–Kier alpha value is -2.13. The molecular formula is C17H15Cl3N4O3S. The lowest BCUT2D eigenvalue weighted by Crippen LogP contribution is -2.56. The van der Waals surface area contributed by atoms with Crippen LogP contribution >= 0.6 is 47.0 Å². The fourth-order valence-corrected chi connectivity index (χ4v) is 2.73. The molecule has 0 radical (unpaired) electrons. The van der Waals surface area contributed by atoms with Crippen molar-refractivity contribution in [3.05, 3.63) is 69.8 Å². The predicted octanol–water partition coefficient (Wildman–Crippen LogP) is 4.32. The number of benzene rings is 2. The maximum Gasteiger partial charge on any atom is 0.282 e. The zero-order valence-electron chi connectivity index (χ0n) is 14.4. The van der Waals surface area contributed by atoms with Crippen molar-refractivity contribution in [1.82, 2.24) is 10.6 Å².